The summed E-state index contributed by atoms with van der Waals surface area (Å²) in [4.78, 5) is 8.49. The lowest BCUT2D eigenvalue weighted by Crippen LogP contribution is -1.98. The number of thioether (sulfide) groups is 1. The molecule has 0 atom stereocenters. The number of rotatable bonds is 3. The summed E-state index contributed by atoms with van der Waals surface area (Å²) in [7, 11) is 0. The SMILES string of the molecule is CSc1nc(Cl)cc(Nc2cc(C)ccc2C)n1. The Bertz CT molecular complexity index is 572. The summed E-state index contributed by atoms with van der Waals surface area (Å²) in [5.74, 6) is 0.716. The number of nitrogens with zero attached hydrogens (tertiary/aromatic N) is 2. The quantitative estimate of drug-likeness (QED) is 0.519. The van der Waals surface area contributed by atoms with Gasteiger partial charge in [-0.1, -0.05) is 35.5 Å². The zero-order valence-electron chi connectivity index (χ0n) is 10.5. The summed E-state index contributed by atoms with van der Waals surface area (Å²) < 4.78 is 0. The summed E-state index contributed by atoms with van der Waals surface area (Å²) in [5.41, 5.74) is 3.41. The van der Waals surface area contributed by atoms with Crippen LogP contribution in [0.3, 0.4) is 0 Å². The molecule has 0 saturated carbocycles. The molecule has 0 unspecified atom stereocenters. The molecule has 18 heavy (non-hydrogen) atoms. The Balaban J connectivity index is 2.33. The molecule has 94 valence electrons. The Kier molecular flexibility index (Phi) is 4.09. The van der Waals surface area contributed by atoms with Gasteiger partial charge in [0.2, 0.25) is 0 Å². The van der Waals surface area contributed by atoms with Crippen LogP contribution in [0, 0.1) is 13.8 Å². The van der Waals surface area contributed by atoms with E-state index >= 15 is 0 Å². The van der Waals surface area contributed by atoms with Gasteiger partial charge in [-0.25, -0.2) is 9.97 Å². The van der Waals surface area contributed by atoms with Crippen LogP contribution in [0.4, 0.5) is 11.5 Å². The Morgan fingerprint density at radius 1 is 1.17 bits per heavy atom. The average molecular weight is 280 g/mol. The lowest BCUT2D eigenvalue weighted by molar-refractivity contribution is 0.976. The minimum Gasteiger partial charge on any atom is -0.340 e. The average Bonchev–Trinajstić information content (AvgIpc) is 2.33. The van der Waals surface area contributed by atoms with Gasteiger partial charge in [-0.05, 0) is 37.3 Å². The summed E-state index contributed by atoms with van der Waals surface area (Å²) in [5, 5.41) is 4.39. The van der Waals surface area contributed by atoms with E-state index in [-0.39, 0.29) is 0 Å². The third kappa shape index (κ3) is 3.15. The zero-order chi connectivity index (χ0) is 13.1. The number of anilines is 2. The van der Waals surface area contributed by atoms with Crippen LogP contribution in [0.25, 0.3) is 0 Å². The molecule has 0 aliphatic heterocycles. The molecule has 0 fully saturated rings. The second-order valence-electron chi connectivity index (χ2n) is 4.01. The van der Waals surface area contributed by atoms with Crippen LogP contribution in [-0.4, -0.2) is 16.2 Å². The van der Waals surface area contributed by atoms with E-state index in [1.165, 1.54) is 22.9 Å². The van der Waals surface area contributed by atoms with Crippen molar-refractivity contribution < 1.29 is 0 Å². The molecule has 1 aromatic heterocycles. The first-order valence-corrected chi connectivity index (χ1v) is 7.11. The van der Waals surface area contributed by atoms with E-state index in [0.29, 0.717) is 16.1 Å². The van der Waals surface area contributed by atoms with E-state index in [4.69, 9.17) is 11.6 Å². The number of hydrogen-bond donors (Lipinski definition) is 1. The smallest absolute Gasteiger partial charge is 0.190 e. The Morgan fingerprint density at radius 2 is 1.94 bits per heavy atom. The van der Waals surface area contributed by atoms with E-state index < -0.39 is 0 Å². The minimum atomic E-state index is 0.446. The second kappa shape index (κ2) is 5.59. The van der Waals surface area contributed by atoms with Crippen LogP contribution < -0.4 is 5.32 Å². The maximum Gasteiger partial charge on any atom is 0.190 e. The second-order valence-corrected chi connectivity index (χ2v) is 5.17. The topological polar surface area (TPSA) is 37.8 Å². The molecule has 0 saturated heterocycles. The van der Waals surface area contributed by atoms with Crippen LogP contribution >= 0.6 is 23.4 Å². The molecule has 0 spiro atoms. The fourth-order valence-corrected chi connectivity index (χ4v) is 2.17. The number of nitrogens with one attached hydrogen (secondary N) is 1. The number of benzene rings is 1. The van der Waals surface area contributed by atoms with Crippen molar-refractivity contribution >= 4 is 34.9 Å². The van der Waals surface area contributed by atoms with E-state index in [0.717, 1.165) is 5.69 Å². The number of hydrogen-bond acceptors (Lipinski definition) is 4. The molecule has 2 aromatic rings. The molecule has 3 nitrogen and oxygen atoms in total. The Morgan fingerprint density at radius 3 is 2.67 bits per heavy atom. The van der Waals surface area contributed by atoms with Crippen molar-refractivity contribution in [1.29, 1.82) is 0 Å². The van der Waals surface area contributed by atoms with Crippen LogP contribution in [0.2, 0.25) is 5.15 Å². The summed E-state index contributed by atoms with van der Waals surface area (Å²) in [6, 6.07) is 7.98. The van der Waals surface area contributed by atoms with Gasteiger partial charge >= 0.3 is 0 Å². The molecule has 0 bridgehead atoms. The van der Waals surface area contributed by atoms with E-state index in [1.807, 2.05) is 6.26 Å². The predicted molar refractivity (Wildman–Crippen MR) is 78.0 cm³/mol. The number of halogens is 1. The van der Waals surface area contributed by atoms with Crippen LogP contribution in [-0.2, 0) is 0 Å². The van der Waals surface area contributed by atoms with Crippen LogP contribution in [0.1, 0.15) is 11.1 Å². The summed E-state index contributed by atoms with van der Waals surface area (Å²) in [6.07, 6.45) is 1.92. The molecule has 0 aliphatic rings. The number of aryl methyl sites for hydroxylation is 2. The van der Waals surface area contributed by atoms with Crippen molar-refractivity contribution in [3.8, 4) is 0 Å². The zero-order valence-corrected chi connectivity index (χ0v) is 12.1. The fourth-order valence-electron chi connectivity index (χ4n) is 1.56. The molecule has 2 rings (SSSR count). The van der Waals surface area contributed by atoms with Crippen LogP contribution in [0.5, 0.6) is 0 Å². The number of aromatic nitrogens is 2. The van der Waals surface area contributed by atoms with E-state index in [9.17, 15) is 0 Å². The maximum absolute atomic E-state index is 5.96. The molecular formula is C13H14ClN3S. The first-order valence-electron chi connectivity index (χ1n) is 5.51. The summed E-state index contributed by atoms with van der Waals surface area (Å²) in [6.45, 7) is 4.12. The van der Waals surface area contributed by atoms with Gasteiger partial charge < -0.3 is 5.32 Å². The first-order chi connectivity index (χ1) is 8.58. The Labute approximate surface area is 116 Å². The molecule has 0 radical (unpaired) electrons. The minimum absolute atomic E-state index is 0.446. The maximum atomic E-state index is 5.96. The molecule has 5 heteroatoms. The highest BCUT2D eigenvalue weighted by atomic mass is 35.5. The highest BCUT2D eigenvalue weighted by Gasteiger charge is 2.04. The summed E-state index contributed by atoms with van der Waals surface area (Å²) >= 11 is 7.43. The normalized spacial score (nSPS) is 10.4. The van der Waals surface area contributed by atoms with Crippen molar-refractivity contribution in [3.05, 3.63) is 40.5 Å². The van der Waals surface area contributed by atoms with Crippen LogP contribution in [0.15, 0.2) is 29.4 Å². The van der Waals surface area contributed by atoms with Crippen molar-refractivity contribution in [2.75, 3.05) is 11.6 Å². The predicted octanol–water partition coefficient (Wildman–Crippen LogP) is 4.21. The highest BCUT2D eigenvalue weighted by Crippen LogP contribution is 2.23. The van der Waals surface area contributed by atoms with E-state index in [2.05, 4.69) is 47.3 Å². The molecule has 0 amide bonds. The fraction of sp³-hybridized carbons (Fsp3) is 0.231. The molecular weight excluding hydrogens is 266 g/mol. The van der Waals surface area contributed by atoms with Crippen molar-refractivity contribution in [2.24, 2.45) is 0 Å². The third-order valence-electron chi connectivity index (χ3n) is 2.51. The van der Waals surface area contributed by atoms with Crippen molar-refractivity contribution in [1.82, 2.24) is 9.97 Å². The lowest BCUT2D eigenvalue weighted by Gasteiger charge is -2.10. The molecule has 1 heterocycles. The largest absolute Gasteiger partial charge is 0.340 e. The molecule has 1 aromatic carbocycles. The molecule has 1 N–H and O–H groups in total. The Hall–Kier alpha value is -1.26. The molecule has 0 aliphatic carbocycles. The van der Waals surface area contributed by atoms with Gasteiger partial charge in [-0.15, -0.1) is 0 Å². The van der Waals surface area contributed by atoms with Gasteiger partial charge in [0, 0.05) is 11.8 Å². The van der Waals surface area contributed by atoms with Crippen molar-refractivity contribution in [3.63, 3.8) is 0 Å². The first kappa shape index (κ1) is 13.2. The monoisotopic (exact) mass is 279 g/mol. The van der Waals surface area contributed by atoms with Gasteiger partial charge in [-0.2, -0.15) is 0 Å². The van der Waals surface area contributed by atoms with Gasteiger partial charge in [0.1, 0.15) is 11.0 Å². The van der Waals surface area contributed by atoms with E-state index in [1.54, 1.807) is 6.07 Å². The highest BCUT2D eigenvalue weighted by molar-refractivity contribution is 7.98. The standard InChI is InChI=1S/C13H14ClN3S/c1-8-4-5-9(2)10(6-8)15-12-7-11(14)16-13(17-12)18-3/h4-7H,1-3H3,(H,15,16,17). The van der Waals surface area contributed by atoms with Gasteiger partial charge in [0.15, 0.2) is 5.16 Å². The van der Waals surface area contributed by atoms with Gasteiger partial charge in [0.05, 0.1) is 0 Å². The lowest BCUT2D eigenvalue weighted by atomic mass is 10.1. The van der Waals surface area contributed by atoms with Crippen molar-refractivity contribution in [2.45, 2.75) is 19.0 Å². The van der Waals surface area contributed by atoms with Gasteiger partial charge in [-0.3, -0.25) is 0 Å². The van der Waals surface area contributed by atoms with Gasteiger partial charge in [0.25, 0.3) is 0 Å². The third-order valence-corrected chi connectivity index (χ3v) is 3.25.